The fraction of sp³-hybridized carbons (Fsp3) is 0.0833. The summed E-state index contributed by atoms with van der Waals surface area (Å²) >= 11 is 5.85. The van der Waals surface area contributed by atoms with Crippen molar-refractivity contribution in [3.8, 4) is 5.75 Å². The van der Waals surface area contributed by atoms with Gasteiger partial charge in [0.25, 0.3) is 5.91 Å². The van der Waals surface area contributed by atoms with E-state index in [0.717, 1.165) is 5.56 Å². The highest BCUT2D eigenvalue weighted by Crippen LogP contribution is 2.34. The van der Waals surface area contributed by atoms with Gasteiger partial charge in [0, 0.05) is 5.02 Å². The third kappa shape index (κ3) is 4.38. The van der Waals surface area contributed by atoms with Gasteiger partial charge in [-0.15, -0.1) is 0 Å². The Hall–Kier alpha value is -3.72. The maximum Gasteiger partial charge on any atom is 0.280 e. The van der Waals surface area contributed by atoms with Gasteiger partial charge < -0.3 is 4.74 Å². The minimum absolute atomic E-state index is 0.0389. The molecule has 3 aromatic carbocycles. The van der Waals surface area contributed by atoms with Crippen molar-refractivity contribution in [3.05, 3.63) is 99.3 Å². The lowest BCUT2D eigenvalue weighted by Gasteiger charge is -2.15. The molecule has 1 heterocycles. The lowest BCUT2D eigenvalue weighted by molar-refractivity contribution is -0.114. The molecule has 0 aliphatic carbocycles. The molecule has 0 bridgehead atoms. The molecule has 0 radical (unpaired) electrons. The van der Waals surface area contributed by atoms with Gasteiger partial charge in [-0.1, -0.05) is 35.9 Å². The maximum atomic E-state index is 14.1. The number of hydrogen-bond acceptors (Lipinski definition) is 3. The van der Waals surface area contributed by atoms with Crippen molar-refractivity contribution >= 4 is 35.0 Å². The zero-order valence-electron chi connectivity index (χ0n) is 17.4. The summed E-state index contributed by atoms with van der Waals surface area (Å²) in [6, 6.07) is 13.7. The molecule has 0 aromatic heterocycles. The molecule has 10 heteroatoms. The highest BCUT2D eigenvalue weighted by atomic mass is 35.5. The van der Waals surface area contributed by atoms with Gasteiger partial charge in [-0.05, 0) is 48.4 Å². The Morgan fingerprint density at radius 3 is 2.03 bits per heavy atom. The molecule has 0 atom stereocenters. The fourth-order valence-corrected chi connectivity index (χ4v) is 3.32. The Kier molecular flexibility index (Phi) is 6.39. The van der Waals surface area contributed by atoms with Gasteiger partial charge in [-0.2, -0.15) is 10.1 Å². The van der Waals surface area contributed by atoms with Crippen LogP contribution in [0.5, 0.6) is 5.75 Å². The van der Waals surface area contributed by atoms with Crippen molar-refractivity contribution in [2.24, 2.45) is 5.10 Å². The van der Waals surface area contributed by atoms with Gasteiger partial charge in [0.2, 0.25) is 5.82 Å². The lowest BCUT2D eigenvalue weighted by Crippen LogP contribution is -2.25. The Bertz CT molecular complexity index is 1310. The third-order valence-electron chi connectivity index (χ3n) is 4.97. The van der Waals surface area contributed by atoms with Crippen LogP contribution in [0.4, 0.5) is 27.6 Å². The first-order valence-electron chi connectivity index (χ1n) is 9.78. The number of halogens is 6. The molecule has 174 valence electrons. The van der Waals surface area contributed by atoms with Crippen LogP contribution < -0.4 is 9.75 Å². The number of hydrazone groups is 1. The number of ether oxygens (including phenoxy) is 1. The van der Waals surface area contributed by atoms with Crippen LogP contribution in [0.3, 0.4) is 0 Å². The molecule has 34 heavy (non-hydrogen) atoms. The van der Waals surface area contributed by atoms with E-state index >= 15 is 0 Å². The van der Waals surface area contributed by atoms with Crippen molar-refractivity contribution in [2.75, 3.05) is 5.01 Å². The van der Waals surface area contributed by atoms with Crippen molar-refractivity contribution in [1.82, 2.24) is 0 Å². The van der Waals surface area contributed by atoms with E-state index in [2.05, 4.69) is 5.10 Å². The molecule has 4 rings (SSSR count). The number of benzene rings is 3. The Labute approximate surface area is 195 Å². The van der Waals surface area contributed by atoms with Gasteiger partial charge in [-0.25, -0.2) is 22.0 Å². The number of carbonyl (C=O) groups is 1. The summed E-state index contributed by atoms with van der Waals surface area (Å²) in [5.74, 6) is -11.4. The van der Waals surface area contributed by atoms with E-state index in [1.807, 2.05) is 12.1 Å². The van der Waals surface area contributed by atoms with Crippen LogP contribution in [0.25, 0.3) is 6.08 Å². The molecule has 0 saturated carbocycles. The van der Waals surface area contributed by atoms with Crippen molar-refractivity contribution in [2.45, 2.75) is 13.5 Å². The molecule has 0 saturated heterocycles. The lowest BCUT2D eigenvalue weighted by atomic mass is 10.1. The highest BCUT2D eigenvalue weighted by molar-refractivity contribution is 6.32. The van der Waals surface area contributed by atoms with E-state index in [0.29, 0.717) is 22.9 Å². The van der Waals surface area contributed by atoms with Crippen LogP contribution in [-0.4, -0.2) is 11.6 Å². The molecule has 0 fully saturated rings. The number of nitrogens with zero attached hydrogens (tertiary/aromatic N) is 2. The number of rotatable bonds is 5. The van der Waals surface area contributed by atoms with Crippen LogP contribution in [0.2, 0.25) is 5.02 Å². The molecule has 3 aromatic rings. The number of carbonyl (C=O) groups excluding carboxylic acids is 1. The Morgan fingerprint density at radius 2 is 1.44 bits per heavy atom. The monoisotopic (exact) mass is 492 g/mol. The smallest absolute Gasteiger partial charge is 0.280 e. The number of hydrogen-bond donors (Lipinski definition) is 0. The van der Waals surface area contributed by atoms with Crippen LogP contribution in [-0.2, 0) is 11.4 Å². The molecule has 0 unspecified atom stereocenters. The number of amides is 1. The molecular formula is C24H14ClF5N2O2. The van der Waals surface area contributed by atoms with Gasteiger partial charge in [0.1, 0.15) is 18.0 Å². The summed E-state index contributed by atoms with van der Waals surface area (Å²) in [7, 11) is 0. The van der Waals surface area contributed by atoms with E-state index in [1.165, 1.54) is 13.0 Å². The van der Waals surface area contributed by atoms with Crippen molar-refractivity contribution < 1.29 is 31.5 Å². The fourth-order valence-electron chi connectivity index (χ4n) is 3.19. The summed E-state index contributed by atoms with van der Waals surface area (Å²) < 4.78 is 74.4. The van der Waals surface area contributed by atoms with Gasteiger partial charge >= 0.3 is 0 Å². The minimum Gasteiger partial charge on any atom is -0.489 e. The zero-order valence-corrected chi connectivity index (χ0v) is 18.1. The quantitative estimate of drug-likeness (QED) is 0.178. The SMILES string of the molecule is CC1=NN(c2c(F)c(F)c(F)c(F)c2F)C(=O)/C1=C/c1ccc(OCc2ccc(Cl)cc2)cc1. The average Bonchev–Trinajstić information content (AvgIpc) is 3.10. The first-order chi connectivity index (χ1) is 16.2. The summed E-state index contributed by atoms with van der Waals surface area (Å²) in [6.45, 7) is 1.68. The van der Waals surface area contributed by atoms with Crippen LogP contribution in [0.1, 0.15) is 18.1 Å². The van der Waals surface area contributed by atoms with E-state index in [4.69, 9.17) is 16.3 Å². The molecule has 0 spiro atoms. The molecule has 4 nitrogen and oxygen atoms in total. The standard InChI is InChI=1S/C24H14ClF5N2O2/c1-12-17(24(33)32(31-12)23-21(29)19(27)18(26)20(28)22(23)30)10-13-4-8-16(9-5-13)34-11-14-2-6-15(25)7-3-14/h2-10H,11H2,1H3/b17-10+. The first-order valence-corrected chi connectivity index (χ1v) is 10.2. The second-order valence-electron chi connectivity index (χ2n) is 7.26. The van der Waals surface area contributed by atoms with E-state index in [1.54, 1.807) is 36.4 Å². The van der Waals surface area contributed by atoms with Crippen LogP contribution >= 0.6 is 11.6 Å². The third-order valence-corrected chi connectivity index (χ3v) is 5.22. The van der Waals surface area contributed by atoms with Crippen LogP contribution in [0.15, 0.2) is 59.2 Å². The summed E-state index contributed by atoms with van der Waals surface area (Å²) in [5, 5.41) is 4.48. The predicted molar refractivity (Wildman–Crippen MR) is 117 cm³/mol. The van der Waals surface area contributed by atoms with Crippen molar-refractivity contribution in [1.29, 1.82) is 0 Å². The van der Waals surface area contributed by atoms with Crippen LogP contribution in [0, 0.1) is 29.1 Å². The molecule has 1 amide bonds. The summed E-state index contributed by atoms with van der Waals surface area (Å²) in [4.78, 5) is 12.7. The van der Waals surface area contributed by atoms with Crippen molar-refractivity contribution in [3.63, 3.8) is 0 Å². The summed E-state index contributed by atoms with van der Waals surface area (Å²) in [5.41, 5.74) is -0.0333. The second-order valence-corrected chi connectivity index (χ2v) is 7.70. The van der Waals surface area contributed by atoms with E-state index < -0.39 is 40.7 Å². The normalized spacial score (nSPS) is 14.7. The highest BCUT2D eigenvalue weighted by Gasteiger charge is 2.36. The Balaban J connectivity index is 1.54. The molecule has 1 aliphatic rings. The van der Waals surface area contributed by atoms with Gasteiger partial charge in [0.05, 0.1) is 11.3 Å². The zero-order chi connectivity index (χ0) is 24.6. The molecular weight excluding hydrogens is 479 g/mol. The minimum atomic E-state index is -2.32. The van der Waals surface area contributed by atoms with Gasteiger partial charge in [0.15, 0.2) is 23.3 Å². The van der Waals surface area contributed by atoms with E-state index in [-0.39, 0.29) is 16.3 Å². The summed E-state index contributed by atoms with van der Waals surface area (Å²) in [6.07, 6.45) is 1.39. The largest absolute Gasteiger partial charge is 0.489 e. The topological polar surface area (TPSA) is 41.9 Å². The average molecular weight is 493 g/mol. The Morgan fingerprint density at radius 1 is 0.882 bits per heavy atom. The van der Waals surface area contributed by atoms with Gasteiger partial charge in [-0.3, -0.25) is 4.79 Å². The first kappa shape index (κ1) is 23.4. The maximum absolute atomic E-state index is 14.1. The number of anilines is 1. The molecule has 0 N–H and O–H groups in total. The second kappa shape index (κ2) is 9.26. The van der Waals surface area contributed by atoms with E-state index in [9.17, 15) is 26.7 Å². The molecule has 1 aliphatic heterocycles. The predicted octanol–water partition coefficient (Wildman–Crippen LogP) is 6.42.